The molecule has 142 valence electrons. The monoisotopic (exact) mass is 368 g/mol. The van der Waals surface area contributed by atoms with Gasteiger partial charge in [-0.3, -0.25) is 4.79 Å². The van der Waals surface area contributed by atoms with Gasteiger partial charge >= 0.3 is 11.6 Å². The summed E-state index contributed by atoms with van der Waals surface area (Å²) in [6.45, 7) is 1.76. The van der Waals surface area contributed by atoms with Gasteiger partial charge in [0.25, 0.3) is 0 Å². The van der Waals surface area contributed by atoms with Crippen LogP contribution in [0.3, 0.4) is 0 Å². The van der Waals surface area contributed by atoms with E-state index < -0.39 is 5.63 Å². The molecule has 1 N–H and O–H groups in total. The van der Waals surface area contributed by atoms with Crippen LogP contribution in [0.15, 0.2) is 27.4 Å². The fourth-order valence-corrected chi connectivity index (χ4v) is 6.19. The van der Waals surface area contributed by atoms with E-state index in [-0.39, 0.29) is 23.7 Å². The van der Waals surface area contributed by atoms with Gasteiger partial charge in [-0.25, -0.2) is 4.79 Å². The summed E-state index contributed by atoms with van der Waals surface area (Å²) < 4.78 is 11.0. The largest absolute Gasteiger partial charge is 0.508 e. The van der Waals surface area contributed by atoms with Crippen molar-refractivity contribution in [1.29, 1.82) is 0 Å². The number of hydrogen-bond donors (Lipinski definition) is 1. The minimum Gasteiger partial charge on any atom is -0.508 e. The number of aryl methyl sites for hydroxylation is 1. The fraction of sp³-hybridized carbons (Fsp3) is 0.545. The van der Waals surface area contributed by atoms with Crippen LogP contribution in [0.25, 0.3) is 11.0 Å². The molecule has 4 aliphatic rings. The summed E-state index contributed by atoms with van der Waals surface area (Å²) in [5, 5.41) is 10.6. The van der Waals surface area contributed by atoms with E-state index in [9.17, 15) is 14.7 Å². The van der Waals surface area contributed by atoms with Crippen molar-refractivity contribution in [2.45, 2.75) is 52.1 Å². The van der Waals surface area contributed by atoms with Crippen LogP contribution >= 0.6 is 0 Å². The van der Waals surface area contributed by atoms with Crippen molar-refractivity contribution in [3.8, 4) is 5.75 Å². The van der Waals surface area contributed by atoms with Crippen molar-refractivity contribution < 1.29 is 19.1 Å². The SMILES string of the molecule is Cc1c(O)ccc2c(COC(=O)C34CC5CC(CC(C5)C3)C4)cc(=O)oc12. The number of phenols is 1. The first kappa shape index (κ1) is 16.8. The molecule has 4 aliphatic carbocycles. The Morgan fingerprint density at radius 3 is 2.44 bits per heavy atom. The number of phenolic OH excluding ortho intramolecular Hbond substituents is 1. The maximum atomic E-state index is 13.0. The van der Waals surface area contributed by atoms with Crippen LogP contribution in [-0.4, -0.2) is 11.1 Å². The molecule has 0 amide bonds. The van der Waals surface area contributed by atoms with E-state index in [4.69, 9.17) is 9.15 Å². The number of benzene rings is 1. The summed E-state index contributed by atoms with van der Waals surface area (Å²) in [5.41, 5.74) is 0.680. The minimum absolute atomic E-state index is 0.0624. The molecular weight excluding hydrogens is 344 g/mol. The third-order valence-electron chi connectivity index (χ3n) is 7.05. The van der Waals surface area contributed by atoms with Gasteiger partial charge in [0, 0.05) is 22.6 Å². The number of ether oxygens (including phenoxy) is 1. The minimum atomic E-state index is -0.503. The van der Waals surface area contributed by atoms with Gasteiger partial charge in [0.05, 0.1) is 5.41 Å². The van der Waals surface area contributed by atoms with Crippen LogP contribution in [0.2, 0.25) is 0 Å². The second kappa shape index (κ2) is 5.85. The van der Waals surface area contributed by atoms with Gasteiger partial charge in [0.1, 0.15) is 17.9 Å². The predicted molar refractivity (Wildman–Crippen MR) is 99.3 cm³/mol. The molecule has 4 saturated carbocycles. The molecule has 0 spiro atoms. The highest BCUT2D eigenvalue weighted by molar-refractivity contribution is 5.85. The highest BCUT2D eigenvalue weighted by atomic mass is 16.5. The van der Waals surface area contributed by atoms with Gasteiger partial charge in [-0.2, -0.15) is 0 Å². The smallest absolute Gasteiger partial charge is 0.336 e. The summed E-state index contributed by atoms with van der Waals surface area (Å²) >= 11 is 0. The Labute approximate surface area is 157 Å². The molecule has 0 radical (unpaired) electrons. The van der Waals surface area contributed by atoms with E-state index in [2.05, 4.69) is 0 Å². The van der Waals surface area contributed by atoms with Crippen LogP contribution in [0.5, 0.6) is 5.75 Å². The normalized spacial score (nSPS) is 31.4. The second-order valence-corrected chi connectivity index (χ2v) is 8.95. The fourth-order valence-electron chi connectivity index (χ4n) is 6.19. The lowest BCUT2D eigenvalue weighted by Gasteiger charge is -2.55. The Bertz CT molecular complexity index is 951. The van der Waals surface area contributed by atoms with Crippen molar-refractivity contribution in [3.63, 3.8) is 0 Å². The lowest BCUT2D eigenvalue weighted by molar-refractivity contribution is -0.172. The molecule has 0 atom stereocenters. The third kappa shape index (κ3) is 2.67. The van der Waals surface area contributed by atoms with E-state index in [0.29, 0.717) is 39.8 Å². The molecule has 0 unspecified atom stereocenters. The zero-order valence-electron chi connectivity index (χ0n) is 15.5. The zero-order valence-corrected chi connectivity index (χ0v) is 15.5. The number of aromatic hydroxyl groups is 1. The summed E-state index contributed by atoms with van der Waals surface area (Å²) in [4.78, 5) is 25.0. The summed E-state index contributed by atoms with van der Waals surface area (Å²) in [7, 11) is 0. The topological polar surface area (TPSA) is 76.7 Å². The van der Waals surface area contributed by atoms with E-state index in [1.54, 1.807) is 19.1 Å². The number of rotatable bonds is 3. The van der Waals surface area contributed by atoms with Gasteiger partial charge in [0.15, 0.2) is 0 Å². The average Bonchev–Trinajstić information content (AvgIpc) is 2.61. The highest BCUT2D eigenvalue weighted by Gasteiger charge is 2.55. The Morgan fingerprint density at radius 1 is 1.19 bits per heavy atom. The molecule has 27 heavy (non-hydrogen) atoms. The summed E-state index contributed by atoms with van der Waals surface area (Å²) in [6.07, 6.45) is 6.71. The molecule has 4 fully saturated rings. The number of hydrogen-bond acceptors (Lipinski definition) is 5. The number of carbonyl (C=O) groups is 1. The van der Waals surface area contributed by atoms with Crippen LogP contribution in [0.4, 0.5) is 0 Å². The lowest BCUT2D eigenvalue weighted by Crippen LogP contribution is -2.50. The maximum Gasteiger partial charge on any atom is 0.336 e. The van der Waals surface area contributed by atoms with Gasteiger partial charge < -0.3 is 14.3 Å². The molecule has 1 aromatic carbocycles. The molecule has 0 saturated heterocycles. The standard InChI is InChI=1S/C22H24O5/c1-12-18(23)3-2-17-16(7-19(24)27-20(12)17)11-26-21(25)22-8-13-4-14(9-22)6-15(5-13)10-22/h2-3,7,13-15,23H,4-6,8-11H2,1H3. The molecule has 0 aliphatic heterocycles. The summed E-state index contributed by atoms with van der Waals surface area (Å²) in [6, 6.07) is 4.66. The van der Waals surface area contributed by atoms with E-state index in [0.717, 1.165) is 19.3 Å². The van der Waals surface area contributed by atoms with Crippen molar-refractivity contribution in [3.05, 3.63) is 39.7 Å². The molecule has 5 nitrogen and oxygen atoms in total. The van der Waals surface area contributed by atoms with E-state index in [1.165, 1.54) is 25.3 Å². The Balaban J connectivity index is 1.41. The predicted octanol–water partition coefficient (Wildman–Crippen LogP) is 4.07. The molecule has 5 heteroatoms. The van der Waals surface area contributed by atoms with Crippen molar-refractivity contribution in [1.82, 2.24) is 0 Å². The molecule has 1 aromatic heterocycles. The lowest BCUT2D eigenvalue weighted by atomic mass is 9.49. The van der Waals surface area contributed by atoms with Crippen molar-refractivity contribution in [2.75, 3.05) is 0 Å². The maximum absolute atomic E-state index is 13.0. The Kier molecular flexibility index (Phi) is 3.65. The van der Waals surface area contributed by atoms with E-state index in [1.807, 2.05) is 0 Å². The molecular formula is C22H24O5. The van der Waals surface area contributed by atoms with Crippen LogP contribution < -0.4 is 5.63 Å². The van der Waals surface area contributed by atoms with Gasteiger partial charge in [0.2, 0.25) is 0 Å². The third-order valence-corrected chi connectivity index (χ3v) is 7.05. The Morgan fingerprint density at radius 2 is 1.81 bits per heavy atom. The second-order valence-electron chi connectivity index (χ2n) is 8.95. The Hall–Kier alpha value is -2.30. The molecule has 4 bridgehead atoms. The zero-order chi connectivity index (χ0) is 18.8. The van der Waals surface area contributed by atoms with Crippen molar-refractivity contribution >= 4 is 16.9 Å². The molecule has 1 heterocycles. The van der Waals surface area contributed by atoms with Gasteiger partial charge in [-0.1, -0.05) is 0 Å². The van der Waals surface area contributed by atoms with Crippen LogP contribution in [0, 0.1) is 30.1 Å². The van der Waals surface area contributed by atoms with Crippen LogP contribution in [-0.2, 0) is 16.1 Å². The molecule has 6 rings (SSSR count). The van der Waals surface area contributed by atoms with Crippen molar-refractivity contribution in [2.24, 2.45) is 23.2 Å². The average molecular weight is 368 g/mol. The highest BCUT2D eigenvalue weighted by Crippen LogP contribution is 2.60. The first-order chi connectivity index (χ1) is 12.9. The number of esters is 1. The van der Waals surface area contributed by atoms with Gasteiger partial charge in [-0.05, 0) is 75.3 Å². The first-order valence-corrected chi connectivity index (χ1v) is 9.86. The van der Waals surface area contributed by atoms with Crippen LogP contribution in [0.1, 0.15) is 49.7 Å². The number of carbonyl (C=O) groups excluding carboxylic acids is 1. The number of fused-ring (bicyclic) bond motifs is 1. The van der Waals surface area contributed by atoms with E-state index >= 15 is 0 Å². The van der Waals surface area contributed by atoms with Gasteiger partial charge in [-0.15, -0.1) is 0 Å². The quantitative estimate of drug-likeness (QED) is 0.653. The molecule has 2 aromatic rings. The first-order valence-electron chi connectivity index (χ1n) is 9.86. The summed E-state index contributed by atoms with van der Waals surface area (Å²) in [5.74, 6) is 2.02.